The molecule has 0 aliphatic heterocycles. The lowest BCUT2D eigenvalue weighted by Gasteiger charge is -2.16. The van der Waals surface area contributed by atoms with Gasteiger partial charge in [0.2, 0.25) is 5.91 Å². The summed E-state index contributed by atoms with van der Waals surface area (Å²) in [7, 11) is 0. The van der Waals surface area contributed by atoms with Crippen molar-refractivity contribution < 1.29 is 4.79 Å². The van der Waals surface area contributed by atoms with Gasteiger partial charge >= 0.3 is 0 Å². The van der Waals surface area contributed by atoms with E-state index in [4.69, 9.17) is 5.26 Å². The zero-order valence-corrected chi connectivity index (χ0v) is 10.4. The SMILES string of the molecule is CC(C)(C#N)CNC(=O)CCC1CCCC1. The quantitative estimate of drug-likeness (QED) is 0.777. The molecule has 0 heterocycles. The maximum Gasteiger partial charge on any atom is 0.220 e. The summed E-state index contributed by atoms with van der Waals surface area (Å²) >= 11 is 0. The van der Waals surface area contributed by atoms with Gasteiger partial charge < -0.3 is 5.32 Å². The molecule has 1 aliphatic carbocycles. The van der Waals surface area contributed by atoms with Gasteiger partial charge in [-0.1, -0.05) is 25.7 Å². The molecule has 0 unspecified atom stereocenters. The van der Waals surface area contributed by atoms with E-state index in [9.17, 15) is 4.79 Å². The van der Waals surface area contributed by atoms with E-state index in [0.29, 0.717) is 13.0 Å². The van der Waals surface area contributed by atoms with E-state index in [1.165, 1.54) is 25.7 Å². The van der Waals surface area contributed by atoms with E-state index in [1.807, 2.05) is 13.8 Å². The van der Waals surface area contributed by atoms with Gasteiger partial charge in [0.25, 0.3) is 0 Å². The van der Waals surface area contributed by atoms with Gasteiger partial charge in [-0.25, -0.2) is 0 Å². The van der Waals surface area contributed by atoms with Crippen LogP contribution in [0.15, 0.2) is 0 Å². The van der Waals surface area contributed by atoms with Crippen LogP contribution >= 0.6 is 0 Å². The normalized spacial score (nSPS) is 17.1. The number of nitrogens with one attached hydrogen (secondary N) is 1. The fourth-order valence-electron chi connectivity index (χ4n) is 2.08. The van der Waals surface area contributed by atoms with Crippen LogP contribution in [0.1, 0.15) is 52.4 Å². The second-order valence-electron chi connectivity index (χ2n) is 5.46. The molecule has 90 valence electrons. The lowest BCUT2D eigenvalue weighted by molar-refractivity contribution is -0.121. The van der Waals surface area contributed by atoms with Crippen LogP contribution in [0.2, 0.25) is 0 Å². The van der Waals surface area contributed by atoms with Gasteiger partial charge in [-0.05, 0) is 26.2 Å². The van der Waals surface area contributed by atoms with Crippen molar-refractivity contribution in [1.29, 1.82) is 5.26 Å². The lowest BCUT2D eigenvalue weighted by atomic mass is 9.96. The topological polar surface area (TPSA) is 52.9 Å². The monoisotopic (exact) mass is 222 g/mol. The third kappa shape index (κ3) is 4.65. The maximum atomic E-state index is 11.5. The molecule has 1 fully saturated rings. The van der Waals surface area contributed by atoms with Gasteiger partial charge in [-0.15, -0.1) is 0 Å². The summed E-state index contributed by atoms with van der Waals surface area (Å²) < 4.78 is 0. The molecule has 1 rings (SSSR count). The Morgan fingerprint density at radius 3 is 2.62 bits per heavy atom. The molecule has 0 aromatic rings. The Labute approximate surface area is 98.2 Å². The second kappa shape index (κ2) is 5.89. The third-order valence-electron chi connectivity index (χ3n) is 3.28. The highest BCUT2D eigenvalue weighted by Gasteiger charge is 2.19. The van der Waals surface area contributed by atoms with E-state index in [0.717, 1.165) is 12.3 Å². The van der Waals surface area contributed by atoms with Crippen LogP contribution < -0.4 is 5.32 Å². The van der Waals surface area contributed by atoms with Crippen LogP contribution in [-0.2, 0) is 4.79 Å². The smallest absolute Gasteiger partial charge is 0.220 e. The van der Waals surface area contributed by atoms with Crippen molar-refractivity contribution in [1.82, 2.24) is 5.32 Å². The van der Waals surface area contributed by atoms with E-state index in [2.05, 4.69) is 11.4 Å². The van der Waals surface area contributed by atoms with Crippen molar-refractivity contribution in [3.8, 4) is 6.07 Å². The molecular weight excluding hydrogens is 200 g/mol. The Morgan fingerprint density at radius 1 is 1.44 bits per heavy atom. The molecule has 1 aliphatic rings. The van der Waals surface area contributed by atoms with Crippen LogP contribution in [0.4, 0.5) is 0 Å². The van der Waals surface area contributed by atoms with E-state index >= 15 is 0 Å². The Kier molecular flexibility index (Phi) is 4.79. The minimum Gasteiger partial charge on any atom is -0.355 e. The summed E-state index contributed by atoms with van der Waals surface area (Å²) in [6, 6.07) is 2.18. The van der Waals surface area contributed by atoms with Crippen LogP contribution in [-0.4, -0.2) is 12.5 Å². The van der Waals surface area contributed by atoms with E-state index < -0.39 is 5.41 Å². The Balaban J connectivity index is 2.14. The fraction of sp³-hybridized carbons (Fsp3) is 0.846. The van der Waals surface area contributed by atoms with Crippen molar-refractivity contribution in [3.05, 3.63) is 0 Å². The fourth-order valence-corrected chi connectivity index (χ4v) is 2.08. The summed E-state index contributed by atoms with van der Waals surface area (Å²) in [5.74, 6) is 0.852. The number of hydrogen-bond acceptors (Lipinski definition) is 2. The number of rotatable bonds is 5. The summed E-state index contributed by atoms with van der Waals surface area (Å²) in [5.41, 5.74) is -0.455. The van der Waals surface area contributed by atoms with Crippen molar-refractivity contribution in [2.24, 2.45) is 11.3 Å². The summed E-state index contributed by atoms with van der Waals surface area (Å²) in [6.07, 6.45) is 6.86. The van der Waals surface area contributed by atoms with Gasteiger partial charge in [0.1, 0.15) is 0 Å². The minimum absolute atomic E-state index is 0.0928. The Hall–Kier alpha value is -1.04. The molecular formula is C13H22N2O. The van der Waals surface area contributed by atoms with Crippen molar-refractivity contribution in [3.63, 3.8) is 0 Å². The largest absolute Gasteiger partial charge is 0.355 e. The lowest BCUT2D eigenvalue weighted by Crippen LogP contribution is -2.33. The van der Waals surface area contributed by atoms with Crippen LogP contribution in [0, 0.1) is 22.7 Å². The predicted molar refractivity (Wildman–Crippen MR) is 63.6 cm³/mol. The zero-order chi connectivity index (χ0) is 12.0. The van der Waals surface area contributed by atoms with Gasteiger partial charge in [0.05, 0.1) is 11.5 Å². The first-order chi connectivity index (χ1) is 7.53. The summed E-state index contributed by atoms with van der Waals surface area (Å²) in [6.45, 7) is 4.13. The molecule has 0 saturated heterocycles. The van der Waals surface area contributed by atoms with Gasteiger partial charge in [0.15, 0.2) is 0 Å². The molecule has 1 amide bonds. The average molecular weight is 222 g/mol. The molecule has 0 spiro atoms. The second-order valence-corrected chi connectivity index (χ2v) is 5.46. The van der Waals surface area contributed by atoms with Crippen LogP contribution in [0.25, 0.3) is 0 Å². The first-order valence-corrected chi connectivity index (χ1v) is 6.21. The first-order valence-electron chi connectivity index (χ1n) is 6.21. The molecule has 0 bridgehead atoms. The highest BCUT2D eigenvalue weighted by atomic mass is 16.1. The highest BCUT2D eigenvalue weighted by Crippen LogP contribution is 2.28. The molecule has 16 heavy (non-hydrogen) atoms. The van der Waals surface area contributed by atoms with Gasteiger partial charge in [-0.3, -0.25) is 4.79 Å². The highest BCUT2D eigenvalue weighted by molar-refractivity contribution is 5.75. The predicted octanol–water partition coefficient (Wildman–Crippen LogP) is 2.62. The molecule has 1 saturated carbocycles. The number of carbonyl (C=O) groups excluding carboxylic acids is 1. The van der Waals surface area contributed by atoms with Gasteiger partial charge in [0, 0.05) is 13.0 Å². The van der Waals surface area contributed by atoms with E-state index in [-0.39, 0.29) is 5.91 Å². The first kappa shape index (κ1) is 13.0. The molecule has 0 radical (unpaired) electrons. The summed E-state index contributed by atoms with van der Waals surface area (Å²) in [5, 5.41) is 11.6. The Morgan fingerprint density at radius 2 is 2.06 bits per heavy atom. The average Bonchev–Trinajstić information content (AvgIpc) is 2.76. The summed E-state index contributed by atoms with van der Waals surface area (Å²) in [4.78, 5) is 11.5. The Bertz CT molecular complexity index is 272. The van der Waals surface area contributed by atoms with Crippen molar-refractivity contribution in [2.75, 3.05) is 6.54 Å². The number of nitrogens with zero attached hydrogens (tertiary/aromatic N) is 1. The zero-order valence-electron chi connectivity index (χ0n) is 10.4. The van der Waals surface area contributed by atoms with E-state index in [1.54, 1.807) is 0 Å². The van der Waals surface area contributed by atoms with Crippen LogP contribution in [0.5, 0.6) is 0 Å². The maximum absolute atomic E-state index is 11.5. The molecule has 0 aromatic heterocycles. The number of amides is 1. The minimum atomic E-state index is -0.455. The van der Waals surface area contributed by atoms with Crippen molar-refractivity contribution in [2.45, 2.75) is 52.4 Å². The number of carbonyl (C=O) groups is 1. The van der Waals surface area contributed by atoms with Gasteiger partial charge in [-0.2, -0.15) is 5.26 Å². The van der Waals surface area contributed by atoms with Crippen molar-refractivity contribution >= 4 is 5.91 Å². The van der Waals surface area contributed by atoms with Crippen LogP contribution in [0.3, 0.4) is 0 Å². The number of nitriles is 1. The third-order valence-corrected chi connectivity index (χ3v) is 3.28. The molecule has 3 nitrogen and oxygen atoms in total. The molecule has 0 atom stereocenters. The number of hydrogen-bond donors (Lipinski definition) is 1. The standard InChI is InChI=1S/C13H22N2O/c1-13(2,9-14)10-15-12(16)8-7-11-5-3-4-6-11/h11H,3-8,10H2,1-2H3,(H,15,16). The molecule has 3 heteroatoms. The molecule has 0 aromatic carbocycles. The molecule has 1 N–H and O–H groups in total.